The number of halogens is 1. The third-order valence-electron chi connectivity index (χ3n) is 3.12. The summed E-state index contributed by atoms with van der Waals surface area (Å²) in [4.78, 5) is 0. The Morgan fingerprint density at radius 3 is 2.80 bits per heavy atom. The smallest absolute Gasteiger partial charge is 0.138 e. The maximum absolute atomic E-state index is 9.05. The van der Waals surface area contributed by atoms with Crippen LogP contribution in [-0.4, -0.2) is 5.11 Å². The molecule has 0 saturated heterocycles. The lowest BCUT2D eigenvalue weighted by Gasteiger charge is -2.08. The van der Waals surface area contributed by atoms with Crippen LogP contribution in [0.25, 0.3) is 10.1 Å². The number of aliphatic hydroxyl groups is 1. The van der Waals surface area contributed by atoms with Crippen LogP contribution < -0.4 is 4.74 Å². The summed E-state index contributed by atoms with van der Waals surface area (Å²) in [5.41, 5.74) is 1.94. The van der Waals surface area contributed by atoms with Crippen LogP contribution >= 0.6 is 22.9 Å². The fourth-order valence-electron chi connectivity index (χ4n) is 2.06. The summed E-state index contributed by atoms with van der Waals surface area (Å²) in [6.45, 7) is 0.470. The molecule has 0 atom stereocenters. The Kier molecular flexibility index (Phi) is 3.92. The Hall–Kier alpha value is -1.55. The average Bonchev–Trinajstić information content (AvgIpc) is 2.89. The molecule has 0 saturated carbocycles. The number of ether oxygens (including phenoxy) is 1. The van der Waals surface area contributed by atoms with Gasteiger partial charge in [0.25, 0.3) is 0 Å². The first-order chi connectivity index (χ1) is 9.78. The van der Waals surface area contributed by atoms with Crippen molar-refractivity contribution in [3.63, 3.8) is 0 Å². The van der Waals surface area contributed by atoms with Gasteiger partial charge in [-0.1, -0.05) is 35.9 Å². The van der Waals surface area contributed by atoms with Crippen molar-refractivity contribution >= 4 is 33.0 Å². The van der Waals surface area contributed by atoms with Gasteiger partial charge in [0.2, 0.25) is 0 Å². The monoisotopic (exact) mass is 304 g/mol. The fourth-order valence-corrected chi connectivity index (χ4v) is 3.26. The van der Waals surface area contributed by atoms with Gasteiger partial charge in [0.1, 0.15) is 12.4 Å². The van der Waals surface area contributed by atoms with Crippen LogP contribution in [0.5, 0.6) is 5.75 Å². The summed E-state index contributed by atoms with van der Waals surface area (Å²) in [7, 11) is 0. The van der Waals surface area contributed by atoms with Gasteiger partial charge in [-0.25, -0.2) is 0 Å². The fraction of sp³-hybridized carbons (Fsp3) is 0.125. The van der Waals surface area contributed by atoms with Gasteiger partial charge in [0.05, 0.1) is 11.6 Å². The van der Waals surface area contributed by atoms with Crippen LogP contribution in [0.1, 0.15) is 11.1 Å². The molecule has 0 spiro atoms. The van der Waals surface area contributed by atoms with Gasteiger partial charge in [-0.05, 0) is 34.5 Å². The molecule has 0 radical (unpaired) electrons. The summed E-state index contributed by atoms with van der Waals surface area (Å²) < 4.78 is 7.04. The van der Waals surface area contributed by atoms with Crippen LogP contribution in [0.4, 0.5) is 0 Å². The van der Waals surface area contributed by atoms with E-state index in [2.05, 4.69) is 17.5 Å². The Bertz CT molecular complexity index is 736. The predicted molar refractivity (Wildman–Crippen MR) is 83.5 cm³/mol. The van der Waals surface area contributed by atoms with Crippen molar-refractivity contribution in [1.82, 2.24) is 0 Å². The lowest BCUT2D eigenvalue weighted by Crippen LogP contribution is -1.95. The van der Waals surface area contributed by atoms with E-state index < -0.39 is 0 Å². The Labute approximate surface area is 126 Å². The highest BCUT2D eigenvalue weighted by Gasteiger charge is 2.07. The van der Waals surface area contributed by atoms with Crippen LogP contribution in [0, 0.1) is 0 Å². The van der Waals surface area contributed by atoms with E-state index in [0.29, 0.717) is 17.4 Å². The third-order valence-corrected chi connectivity index (χ3v) is 4.43. The van der Waals surface area contributed by atoms with Gasteiger partial charge in [-0.15, -0.1) is 11.3 Å². The molecule has 3 aromatic rings. The molecule has 1 aromatic heterocycles. The van der Waals surface area contributed by atoms with Crippen molar-refractivity contribution in [2.75, 3.05) is 0 Å². The van der Waals surface area contributed by atoms with Gasteiger partial charge < -0.3 is 9.84 Å². The molecular weight excluding hydrogens is 292 g/mol. The molecule has 0 aliphatic carbocycles. The molecule has 1 N–H and O–H groups in total. The van der Waals surface area contributed by atoms with Gasteiger partial charge in [0.15, 0.2) is 0 Å². The molecule has 2 aromatic carbocycles. The minimum atomic E-state index is -0.0187. The van der Waals surface area contributed by atoms with E-state index in [1.54, 1.807) is 23.5 Å². The quantitative estimate of drug-likeness (QED) is 0.761. The standard InChI is InChI=1S/C16H13ClO2S/c17-14-7-11(8-18)5-6-15(14)19-9-12-10-20-16-4-2-1-3-13(12)16/h1-7,10,18H,8-9H2. The highest BCUT2D eigenvalue weighted by molar-refractivity contribution is 7.17. The van der Waals surface area contributed by atoms with E-state index >= 15 is 0 Å². The first kappa shape index (κ1) is 13.4. The topological polar surface area (TPSA) is 29.5 Å². The van der Waals surface area contributed by atoms with Crippen molar-refractivity contribution in [3.05, 3.63) is 64.0 Å². The van der Waals surface area contributed by atoms with Crippen LogP contribution in [-0.2, 0) is 13.2 Å². The van der Waals surface area contributed by atoms with Gasteiger partial charge in [0, 0.05) is 10.3 Å². The zero-order valence-electron chi connectivity index (χ0n) is 10.7. The minimum Gasteiger partial charge on any atom is -0.487 e. The second kappa shape index (κ2) is 5.83. The number of rotatable bonds is 4. The zero-order valence-corrected chi connectivity index (χ0v) is 12.2. The number of thiophene rings is 1. The van der Waals surface area contributed by atoms with Crippen molar-refractivity contribution in [2.24, 2.45) is 0 Å². The van der Waals surface area contributed by atoms with Crippen LogP contribution in [0.3, 0.4) is 0 Å². The van der Waals surface area contributed by atoms with E-state index in [-0.39, 0.29) is 6.61 Å². The number of benzene rings is 2. The van der Waals surface area contributed by atoms with Crippen molar-refractivity contribution < 1.29 is 9.84 Å². The summed E-state index contributed by atoms with van der Waals surface area (Å²) >= 11 is 7.85. The number of hydrogen-bond donors (Lipinski definition) is 1. The first-order valence-corrected chi connectivity index (χ1v) is 7.51. The maximum Gasteiger partial charge on any atom is 0.138 e. The summed E-state index contributed by atoms with van der Waals surface area (Å²) in [6.07, 6.45) is 0. The van der Waals surface area contributed by atoms with Crippen LogP contribution in [0.15, 0.2) is 47.8 Å². The molecule has 0 aliphatic rings. The Morgan fingerprint density at radius 1 is 1.15 bits per heavy atom. The highest BCUT2D eigenvalue weighted by atomic mass is 35.5. The molecule has 0 bridgehead atoms. The minimum absolute atomic E-state index is 0.0187. The van der Waals surface area contributed by atoms with Crippen molar-refractivity contribution in [3.8, 4) is 5.75 Å². The third kappa shape index (κ3) is 2.66. The predicted octanol–water partition coefficient (Wildman–Crippen LogP) is 4.63. The van der Waals surface area contributed by atoms with E-state index in [0.717, 1.165) is 11.1 Å². The molecule has 2 nitrogen and oxygen atoms in total. The number of fused-ring (bicyclic) bond motifs is 1. The molecule has 1 heterocycles. The highest BCUT2D eigenvalue weighted by Crippen LogP contribution is 2.29. The molecule has 102 valence electrons. The molecule has 0 amide bonds. The number of hydrogen-bond acceptors (Lipinski definition) is 3. The second-order valence-electron chi connectivity index (χ2n) is 4.47. The molecule has 0 fully saturated rings. The SMILES string of the molecule is OCc1ccc(OCc2csc3ccccc23)c(Cl)c1. The molecule has 0 aliphatic heterocycles. The van der Waals surface area contributed by atoms with Crippen molar-refractivity contribution in [1.29, 1.82) is 0 Å². The first-order valence-electron chi connectivity index (χ1n) is 6.25. The molecule has 3 rings (SSSR count). The van der Waals surface area contributed by atoms with E-state index in [4.69, 9.17) is 21.4 Å². The Balaban J connectivity index is 1.79. The molecule has 20 heavy (non-hydrogen) atoms. The lowest BCUT2D eigenvalue weighted by molar-refractivity contribution is 0.281. The maximum atomic E-state index is 9.05. The van der Waals surface area contributed by atoms with E-state index in [9.17, 15) is 0 Å². The Morgan fingerprint density at radius 2 is 2.00 bits per heavy atom. The molecular formula is C16H13ClO2S. The average molecular weight is 305 g/mol. The summed E-state index contributed by atoms with van der Waals surface area (Å²) in [6, 6.07) is 13.6. The van der Waals surface area contributed by atoms with Gasteiger partial charge in [-0.3, -0.25) is 0 Å². The molecule has 0 unspecified atom stereocenters. The van der Waals surface area contributed by atoms with Crippen molar-refractivity contribution in [2.45, 2.75) is 13.2 Å². The zero-order chi connectivity index (χ0) is 13.9. The van der Waals surface area contributed by atoms with E-state index in [1.165, 1.54) is 10.1 Å². The van der Waals surface area contributed by atoms with Gasteiger partial charge >= 0.3 is 0 Å². The number of aliphatic hydroxyl groups excluding tert-OH is 1. The molecule has 4 heteroatoms. The normalized spacial score (nSPS) is 10.9. The second-order valence-corrected chi connectivity index (χ2v) is 5.79. The van der Waals surface area contributed by atoms with E-state index in [1.807, 2.05) is 18.2 Å². The lowest BCUT2D eigenvalue weighted by atomic mass is 10.2. The largest absolute Gasteiger partial charge is 0.487 e. The van der Waals surface area contributed by atoms with Gasteiger partial charge in [-0.2, -0.15) is 0 Å². The van der Waals surface area contributed by atoms with Crippen LogP contribution in [0.2, 0.25) is 5.02 Å². The summed E-state index contributed by atoms with van der Waals surface area (Å²) in [5, 5.41) is 12.9. The summed E-state index contributed by atoms with van der Waals surface area (Å²) in [5.74, 6) is 0.638.